The van der Waals surface area contributed by atoms with Crippen LogP contribution in [0, 0.1) is 0 Å². The minimum Gasteiger partial charge on any atom is -0.367 e. The molecule has 5 heteroatoms. The molecule has 0 aliphatic heterocycles. The molecule has 0 radical (unpaired) electrons. The van der Waals surface area contributed by atoms with Gasteiger partial charge in [0.15, 0.2) is 0 Å². The molecule has 3 aromatic rings. The zero-order valence-electron chi connectivity index (χ0n) is 13.3. The van der Waals surface area contributed by atoms with Gasteiger partial charge >= 0.3 is 0 Å². The number of rotatable bonds is 3. The molecule has 1 N–H and O–H groups in total. The number of H-pyrrole nitrogens is 1. The molecule has 1 aromatic carbocycles. The Hall–Kier alpha value is -1.71. The molecule has 0 saturated heterocycles. The van der Waals surface area contributed by atoms with Gasteiger partial charge in [0.2, 0.25) is 0 Å². The summed E-state index contributed by atoms with van der Waals surface area (Å²) in [7, 11) is 0. The van der Waals surface area contributed by atoms with Gasteiger partial charge in [0.05, 0.1) is 22.7 Å². The Labute approximate surface area is 151 Å². The van der Waals surface area contributed by atoms with Crippen molar-refractivity contribution in [1.82, 2.24) is 14.5 Å². The van der Waals surface area contributed by atoms with Crippen molar-refractivity contribution in [2.24, 2.45) is 0 Å². The van der Waals surface area contributed by atoms with Crippen molar-refractivity contribution >= 4 is 23.2 Å². The summed E-state index contributed by atoms with van der Waals surface area (Å²) in [5, 5.41) is 1.27. The van der Waals surface area contributed by atoms with E-state index in [2.05, 4.69) is 15.6 Å². The predicted octanol–water partition coefficient (Wildman–Crippen LogP) is 6.36. The highest BCUT2D eigenvalue weighted by molar-refractivity contribution is 6.36. The predicted molar refractivity (Wildman–Crippen MR) is 99.6 cm³/mol. The number of aromatic amines is 1. The quantitative estimate of drug-likeness (QED) is 0.579. The van der Waals surface area contributed by atoms with Gasteiger partial charge in [0.25, 0.3) is 0 Å². The number of hydrogen-bond acceptors (Lipinski definition) is 1. The molecule has 3 nitrogen and oxygen atoms in total. The summed E-state index contributed by atoms with van der Waals surface area (Å²) in [6.45, 7) is 0. The summed E-state index contributed by atoms with van der Waals surface area (Å²) in [4.78, 5) is 7.88. The smallest absolute Gasteiger partial charge is 0.0978 e. The highest BCUT2D eigenvalue weighted by Gasteiger charge is 2.23. The van der Waals surface area contributed by atoms with Crippen LogP contribution in [0.15, 0.2) is 43.0 Å². The molecule has 0 atom stereocenters. The number of imidazole rings is 1. The van der Waals surface area contributed by atoms with Crippen LogP contribution in [0.3, 0.4) is 0 Å². The molecule has 124 valence electrons. The Balaban J connectivity index is 1.86. The molecule has 1 fully saturated rings. The molecule has 2 heterocycles. The van der Waals surface area contributed by atoms with Crippen LogP contribution < -0.4 is 0 Å². The van der Waals surface area contributed by atoms with Crippen molar-refractivity contribution in [3.63, 3.8) is 0 Å². The van der Waals surface area contributed by atoms with E-state index in [9.17, 15) is 0 Å². The highest BCUT2D eigenvalue weighted by atomic mass is 35.5. The number of halogens is 2. The van der Waals surface area contributed by atoms with Crippen molar-refractivity contribution in [3.05, 3.63) is 53.0 Å². The van der Waals surface area contributed by atoms with Crippen LogP contribution in [0.5, 0.6) is 0 Å². The zero-order valence-corrected chi connectivity index (χ0v) is 14.8. The van der Waals surface area contributed by atoms with Crippen molar-refractivity contribution in [3.8, 4) is 22.5 Å². The Bertz CT molecular complexity index is 830. The molecule has 24 heavy (non-hydrogen) atoms. The largest absolute Gasteiger partial charge is 0.367 e. The van der Waals surface area contributed by atoms with Gasteiger partial charge in [-0.25, -0.2) is 4.98 Å². The van der Waals surface area contributed by atoms with Crippen LogP contribution in [0.1, 0.15) is 38.1 Å². The maximum Gasteiger partial charge on any atom is 0.0978 e. The summed E-state index contributed by atoms with van der Waals surface area (Å²) >= 11 is 12.5. The second-order valence-electron chi connectivity index (χ2n) is 6.36. The maximum atomic E-state index is 6.45. The number of nitrogens with one attached hydrogen (secondary N) is 1. The third-order valence-corrected chi connectivity index (χ3v) is 5.37. The first kappa shape index (κ1) is 15.8. The van der Waals surface area contributed by atoms with E-state index in [1.807, 2.05) is 30.9 Å². The molecule has 1 aliphatic carbocycles. The lowest BCUT2D eigenvalue weighted by Gasteiger charge is -2.25. The summed E-state index contributed by atoms with van der Waals surface area (Å²) in [6, 6.07) is 8.19. The first-order valence-electron chi connectivity index (χ1n) is 8.39. The van der Waals surface area contributed by atoms with E-state index in [-0.39, 0.29) is 0 Å². The van der Waals surface area contributed by atoms with Crippen LogP contribution in [0.4, 0.5) is 0 Å². The molecular weight excluding hydrogens is 341 g/mol. The average molecular weight is 360 g/mol. The lowest BCUT2D eigenvalue weighted by molar-refractivity contribution is 0.355. The molecule has 0 spiro atoms. The second kappa shape index (κ2) is 6.66. The minimum absolute atomic E-state index is 0.510. The van der Waals surface area contributed by atoms with Gasteiger partial charge in [0, 0.05) is 34.6 Å². The van der Waals surface area contributed by atoms with Crippen LogP contribution in [0.25, 0.3) is 22.5 Å². The normalized spacial score (nSPS) is 15.8. The topological polar surface area (TPSA) is 33.6 Å². The summed E-state index contributed by atoms with van der Waals surface area (Å²) in [5.74, 6) is 0. The molecular formula is C19H19Cl2N3. The van der Waals surface area contributed by atoms with E-state index in [1.165, 1.54) is 32.1 Å². The van der Waals surface area contributed by atoms with E-state index < -0.39 is 0 Å². The third-order valence-electron chi connectivity index (χ3n) is 4.82. The van der Waals surface area contributed by atoms with E-state index >= 15 is 0 Å². The van der Waals surface area contributed by atoms with Crippen LogP contribution in [-0.4, -0.2) is 14.5 Å². The van der Waals surface area contributed by atoms with Gasteiger partial charge in [-0.2, -0.15) is 0 Å². The molecule has 1 aliphatic rings. The average Bonchev–Trinajstić information content (AvgIpc) is 3.25. The van der Waals surface area contributed by atoms with Crippen LogP contribution >= 0.6 is 23.2 Å². The van der Waals surface area contributed by atoms with E-state index in [0.717, 1.165) is 22.5 Å². The Morgan fingerprint density at radius 3 is 2.62 bits per heavy atom. The Morgan fingerprint density at radius 2 is 1.92 bits per heavy atom. The Kier molecular flexibility index (Phi) is 4.38. The van der Waals surface area contributed by atoms with E-state index in [4.69, 9.17) is 28.2 Å². The van der Waals surface area contributed by atoms with Crippen LogP contribution in [0.2, 0.25) is 10.0 Å². The van der Waals surface area contributed by atoms with Crippen molar-refractivity contribution < 1.29 is 0 Å². The van der Waals surface area contributed by atoms with Crippen LogP contribution in [-0.2, 0) is 0 Å². The van der Waals surface area contributed by atoms with Gasteiger partial charge in [-0.1, -0.05) is 42.5 Å². The lowest BCUT2D eigenvalue weighted by Crippen LogP contribution is -2.13. The molecule has 0 bridgehead atoms. The fourth-order valence-electron chi connectivity index (χ4n) is 3.63. The van der Waals surface area contributed by atoms with Crippen molar-refractivity contribution in [1.29, 1.82) is 0 Å². The number of benzene rings is 1. The maximum absolute atomic E-state index is 6.45. The fraction of sp³-hybridized carbons (Fsp3) is 0.316. The summed E-state index contributed by atoms with van der Waals surface area (Å²) in [6.07, 6.45) is 12.3. The van der Waals surface area contributed by atoms with Crippen molar-refractivity contribution in [2.75, 3.05) is 0 Å². The zero-order chi connectivity index (χ0) is 16.5. The first-order valence-corrected chi connectivity index (χ1v) is 9.15. The van der Waals surface area contributed by atoms with E-state index in [1.54, 1.807) is 6.07 Å². The number of hydrogen-bond donors (Lipinski definition) is 1. The molecule has 2 aromatic heterocycles. The van der Waals surface area contributed by atoms with Gasteiger partial charge in [-0.15, -0.1) is 0 Å². The lowest BCUT2D eigenvalue weighted by atomic mass is 9.94. The number of nitrogens with zero attached hydrogens (tertiary/aromatic N) is 2. The van der Waals surface area contributed by atoms with Crippen molar-refractivity contribution in [2.45, 2.75) is 38.1 Å². The summed E-state index contributed by atoms with van der Waals surface area (Å²) in [5.41, 5.74) is 4.11. The standard InChI is InChI=1S/C19H19Cl2N3/c20-14-6-7-16(17(21)10-14)18-19(13-8-9-22-11-13)24(12-23-18)15-4-2-1-3-5-15/h6-12,15,22H,1-5H2. The summed E-state index contributed by atoms with van der Waals surface area (Å²) < 4.78 is 2.34. The number of aromatic nitrogens is 3. The molecule has 4 rings (SSSR count). The van der Waals surface area contributed by atoms with Gasteiger partial charge in [-0.3, -0.25) is 0 Å². The Morgan fingerprint density at radius 1 is 1.08 bits per heavy atom. The highest BCUT2D eigenvalue weighted by Crippen LogP contribution is 2.40. The first-order chi connectivity index (χ1) is 11.7. The molecule has 1 saturated carbocycles. The van der Waals surface area contributed by atoms with Gasteiger partial charge < -0.3 is 9.55 Å². The third kappa shape index (κ3) is 2.87. The fourth-order valence-corrected chi connectivity index (χ4v) is 4.13. The van der Waals surface area contributed by atoms with Gasteiger partial charge in [-0.05, 0) is 37.1 Å². The molecule has 0 amide bonds. The minimum atomic E-state index is 0.510. The second-order valence-corrected chi connectivity index (χ2v) is 7.21. The molecule has 0 unspecified atom stereocenters. The van der Waals surface area contributed by atoms with Gasteiger partial charge in [0.1, 0.15) is 0 Å². The SMILES string of the molecule is Clc1ccc(-c2ncn(C3CCCCC3)c2-c2cc[nH]c2)c(Cl)c1. The van der Waals surface area contributed by atoms with E-state index in [0.29, 0.717) is 16.1 Å². The monoisotopic (exact) mass is 359 g/mol.